The zero-order valence-electron chi connectivity index (χ0n) is 14.1. The maximum Gasteiger partial charge on any atom is 0.115 e. The van der Waals surface area contributed by atoms with Crippen LogP contribution in [0.3, 0.4) is 0 Å². The highest BCUT2D eigenvalue weighted by atomic mass is 14.9. The van der Waals surface area contributed by atoms with Crippen LogP contribution in [-0.2, 0) is 0 Å². The quantitative estimate of drug-likeness (QED) is 0.395. The third kappa shape index (κ3) is 2.65. The average Bonchev–Trinajstić information content (AvgIpc) is 2.68. The van der Waals surface area contributed by atoms with E-state index in [-0.39, 0.29) is 27.3 Å². The van der Waals surface area contributed by atoms with Gasteiger partial charge in [-0.25, -0.2) is 0 Å². The predicted molar refractivity (Wildman–Crippen MR) is 118 cm³/mol. The van der Waals surface area contributed by atoms with Gasteiger partial charge in [-0.15, -0.1) is 16.4 Å². The zero-order valence-corrected chi connectivity index (χ0v) is 14.1. The van der Waals surface area contributed by atoms with Crippen LogP contribution in [0.4, 0.5) is 11.4 Å². The van der Waals surface area contributed by atoms with Gasteiger partial charge in [-0.05, 0) is 33.7 Å². The Balaban J connectivity index is 1.88. The van der Waals surface area contributed by atoms with Crippen LogP contribution in [0.1, 0.15) is 0 Å². The molecule has 110 valence electrons. The fourth-order valence-corrected chi connectivity index (χ4v) is 3.21. The van der Waals surface area contributed by atoms with Crippen molar-refractivity contribution in [3.63, 3.8) is 0 Å². The lowest BCUT2D eigenvalue weighted by Gasteiger charge is -2.22. The summed E-state index contributed by atoms with van der Waals surface area (Å²) >= 11 is 0. The number of benzene rings is 4. The van der Waals surface area contributed by atoms with E-state index < -0.39 is 0 Å². The average molecular weight is 318 g/mol. The predicted octanol–water partition coefficient (Wildman–Crippen LogP) is -0.294. The van der Waals surface area contributed by atoms with Crippen molar-refractivity contribution >= 4 is 99.5 Å². The Kier molecular flexibility index (Phi) is 4.15. The first-order valence-electron chi connectivity index (χ1n) is 8.17. The van der Waals surface area contributed by atoms with Crippen LogP contribution >= 0.6 is 0 Å². The van der Waals surface area contributed by atoms with Crippen LogP contribution in [0.2, 0.25) is 0 Å². The van der Waals surface area contributed by atoms with Crippen LogP contribution in [-0.4, -0.2) is 39.2 Å². The summed E-state index contributed by atoms with van der Waals surface area (Å²) in [6, 6.07) is 18.5. The van der Waals surface area contributed by atoms with Gasteiger partial charge < -0.3 is 5.32 Å². The monoisotopic (exact) mass is 319 g/mol. The summed E-state index contributed by atoms with van der Waals surface area (Å²) in [6.45, 7) is 0. The molecule has 0 unspecified atom stereocenters. The first-order valence-corrected chi connectivity index (χ1v) is 8.17. The topological polar surface area (TPSA) is 12.0 Å². The van der Waals surface area contributed by atoms with Crippen molar-refractivity contribution in [2.45, 2.75) is 0 Å². The van der Waals surface area contributed by atoms with Crippen LogP contribution in [0.25, 0.3) is 21.5 Å². The minimum absolute atomic E-state index is 0.204. The fourth-order valence-electron chi connectivity index (χ4n) is 3.21. The summed E-state index contributed by atoms with van der Waals surface area (Å²) in [6.07, 6.45) is 0. The van der Waals surface area contributed by atoms with Gasteiger partial charge in [-0.2, -0.15) is 0 Å². The van der Waals surface area contributed by atoms with Crippen LogP contribution in [0, 0.1) is 0 Å². The molecule has 0 saturated heterocycles. The van der Waals surface area contributed by atoms with Crippen molar-refractivity contribution in [1.29, 1.82) is 0 Å². The molecule has 4 rings (SSSR count). The van der Waals surface area contributed by atoms with Gasteiger partial charge in [-0.1, -0.05) is 53.4 Å². The van der Waals surface area contributed by atoms with Crippen molar-refractivity contribution in [2.24, 2.45) is 0 Å². The van der Waals surface area contributed by atoms with E-state index in [1.807, 2.05) is 24.3 Å². The third-order valence-corrected chi connectivity index (χ3v) is 4.72. The molecule has 6 heteroatoms. The lowest BCUT2D eigenvalue weighted by Crippen LogP contribution is -2.55. The summed E-state index contributed by atoms with van der Waals surface area (Å²) in [5, 5.41) is 7.86. The Morgan fingerprint density at radius 1 is 0.538 bits per heavy atom. The van der Waals surface area contributed by atoms with Gasteiger partial charge in [0.1, 0.15) is 39.2 Å². The summed E-state index contributed by atoms with van der Waals surface area (Å²) < 4.78 is 0. The van der Waals surface area contributed by atoms with E-state index in [0.29, 0.717) is 5.69 Å². The van der Waals surface area contributed by atoms with E-state index >= 15 is 0 Å². The molecule has 1 N–H and O–H groups in total. The van der Waals surface area contributed by atoms with Crippen molar-refractivity contribution in [2.75, 3.05) is 5.32 Å². The molecular weight excluding hydrogens is 308 g/mol. The maximum absolute atomic E-state index is 6.10. The van der Waals surface area contributed by atoms with Gasteiger partial charge in [0, 0.05) is 11.4 Å². The van der Waals surface area contributed by atoms with Gasteiger partial charge in [0.25, 0.3) is 0 Å². The molecule has 0 aliphatic carbocycles. The maximum atomic E-state index is 6.10. The molecule has 1 nitrogen and oxygen atoms in total. The Morgan fingerprint density at radius 3 is 1.77 bits per heavy atom. The van der Waals surface area contributed by atoms with E-state index in [4.69, 9.17) is 39.2 Å². The standard InChI is InChI=1S/C20H10B5N/c21-15-16(22)18(24)20(19(25)17(15)23)26-12-8-7-11-6-5-10-3-1-2-4-13(10)14(11)9-12/h1-9,26H. The van der Waals surface area contributed by atoms with Gasteiger partial charge in [-0.3, -0.25) is 0 Å². The van der Waals surface area contributed by atoms with Gasteiger partial charge >= 0.3 is 0 Å². The minimum Gasteiger partial charge on any atom is -0.357 e. The highest BCUT2D eigenvalue weighted by Crippen LogP contribution is 2.28. The third-order valence-electron chi connectivity index (χ3n) is 4.72. The van der Waals surface area contributed by atoms with Crippen LogP contribution < -0.4 is 32.6 Å². The highest BCUT2D eigenvalue weighted by molar-refractivity contribution is 6.68. The Morgan fingerprint density at radius 2 is 1.08 bits per heavy atom. The highest BCUT2D eigenvalue weighted by Gasteiger charge is 2.11. The summed E-state index contributed by atoms with van der Waals surface area (Å²) in [5.74, 6) is 0. The zero-order chi connectivity index (χ0) is 18.4. The molecule has 0 aliphatic heterocycles. The second kappa shape index (κ2) is 6.35. The number of nitrogens with one attached hydrogen (secondary N) is 1. The van der Waals surface area contributed by atoms with E-state index in [0.717, 1.165) is 16.5 Å². The SMILES string of the molecule is [B]c1c([B])c([B])c(Nc2ccc3ccc4ccccc4c3c2)c([B])c1[B]. The minimum atomic E-state index is 0.204. The van der Waals surface area contributed by atoms with Gasteiger partial charge in [0.15, 0.2) is 0 Å². The van der Waals surface area contributed by atoms with Crippen molar-refractivity contribution < 1.29 is 0 Å². The Bertz CT molecular complexity index is 1140. The fraction of sp³-hybridized carbons (Fsp3) is 0. The molecule has 0 aromatic heterocycles. The lowest BCUT2D eigenvalue weighted by molar-refractivity contribution is 1.64. The molecule has 4 aromatic carbocycles. The molecule has 0 bridgehead atoms. The molecule has 26 heavy (non-hydrogen) atoms. The lowest BCUT2D eigenvalue weighted by atomic mass is 9.61. The molecule has 4 aromatic rings. The smallest absolute Gasteiger partial charge is 0.115 e. The van der Waals surface area contributed by atoms with Gasteiger partial charge in [0.2, 0.25) is 0 Å². The van der Waals surface area contributed by atoms with Crippen LogP contribution in [0.15, 0.2) is 54.6 Å². The summed E-state index contributed by atoms with van der Waals surface area (Å²) in [7, 11) is 29.9. The second-order valence-electron chi connectivity index (χ2n) is 6.29. The molecule has 0 atom stereocenters. The normalized spacial score (nSPS) is 11.1. The summed E-state index contributed by atoms with van der Waals surface area (Å²) in [5.41, 5.74) is 2.52. The molecular formula is C20H10B5N. The molecule has 0 saturated carbocycles. The van der Waals surface area contributed by atoms with E-state index in [1.54, 1.807) is 0 Å². The Labute approximate surface area is 159 Å². The number of hydrogen-bond donors (Lipinski definition) is 1. The molecule has 0 amide bonds. The van der Waals surface area contributed by atoms with E-state index in [9.17, 15) is 0 Å². The van der Waals surface area contributed by atoms with Crippen LogP contribution in [0.5, 0.6) is 0 Å². The first-order chi connectivity index (χ1) is 12.5. The van der Waals surface area contributed by atoms with Gasteiger partial charge in [0.05, 0.1) is 0 Å². The van der Waals surface area contributed by atoms with E-state index in [1.165, 1.54) is 10.8 Å². The molecule has 0 spiro atoms. The number of fused-ring (bicyclic) bond motifs is 3. The summed E-state index contributed by atoms with van der Waals surface area (Å²) in [4.78, 5) is 0. The molecule has 0 aliphatic rings. The number of hydrogen-bond acceptors (Lipinski definition) is 1. The Hall–Kier alpha value is -2.48. The first kappa shape index (κ1) is 17.0. The largest absolute Gasteiger partial charge is 0.357 e. The number of rotatable bonds is 2. The second-order valence-corrected chi connectivity index (χ2v) is 6.29. The number of anilines is 2. The van der Waals surface area contributed by atoms with Crippen molar-refractivity contribution in [3.8, 4) is 0 Å². The van der Waals surface area contributed by atoms with E-state index in [2.05, 4.69) is 35.6 Å². The van der Waals surface area contributed by atoms with Crippen molar-refractivity contribution in [3.05, 3.63) is 54.6 Å². The molecule has 0 heterocycles. The molecule has 0 fully saturated rings. The molecule has 10 radical (unpaired) electrons. The van der Waals surface area contributed by atoms with Crippen molar-refractivity contribution in [1.82, 2.24) is 0 Å².